The van der Waals surface area contributed by atoms with Crippen LogP contribution in [0.1, 0.15) is 40.0 Å². The summed E-state index contributed by atoms with van der Waals surface area (Å²) in [6, 6.07) is 8.15. The van der Waals surface area contributed by atoms with Gasteiger partial charge in [0.25, 0.3) is 0 Å². The van der Waals surface area contributed by atoms with Gasteiger partial charge in [-0.3, -0.25) is 0 Å². The van der Waals surface area contributed by atoms with Crippen LogP contribution in [-0.2, 0) is 19.4 Å². The molecule has 1 aromatic carbocycles. The summed E-state index contributed by atoms with van der Waals surface area (Å²) in [5, 5.41) is 0. The lowest BCUT2D eigenvalue weighted by Gasteiger charge is -2.10. The Morgan fingerprint density at radius 3 is 2.36 bits per heavy atom. The number of ether oxygens (including phenoxy) is 1. The first kappa shape index (κ1) is 21.2. The van der Waals surface area contributed by atoms with Gasteiger partial charge in [0.05, 0.1) is 17.8 Å². The van der Waals surface area contributed by atoms with Crippen LogP contribution in [0.15, 0.2) is 58.5 Å². The fourth-order valence-corrected chi connectivity index (χ4v) is 3.75. The molecule has 138 valence electrons. The zero-order valence-electron chi connectivity index (χ0n) is 15.5. The number of benzene rings is 1. The normalized spacial score (nSPS) is 13.2. The van der Waals surface area contributed by atoms with Crippen LogP contribution in [0.3, 0.4) is 0 Å². The average Bonchev–Trinajstić information content (AvgIpc) is 2.58. The van der Waals surface area contributed by atoms with E-state index < -0.39 is 15.8 Å². The van der Waals surface area contributed by atoms with Crippen molar-refractivity contribution in [1.29, 1.82) is 0 Å². The maximum atomic E-state index is 12.5. The predicted molar refractivity (Wildman–Crippen MR) is 101 cm³/mol. The third-order valence-corrected chi connectivity index (χ3v) is 5.56. The molecular formula is C20H28O4S. The Bertz CT molecular complexity index is 711. The molecule has 1 rings (SSSR count). The van der Waals surface area contributed by atoms with Crippen LogP contribution in [0.5, 0.6) is 0 Å². The van der Waals surface area contributed by atoms with Gasteiger partial charge >= 0.3 is 5.97 Å². The van der Waals surface area contributed by atoms with Crippen molar-refractivity contribution >= 4 is 15.8 Å². The Balaban J connectivity index is 2.84. The number of allylic oxidation sites excluding steroid dienone is 3. The average molecular weight is 365 g/mol. The number of carbonyl (C=O) groups is 1. The zero-order chi connectivity index (χ0) is 18.9. The SMILES string of the molecule is COC(=O)/C(=C/CC(C)CCC=C(C)C)CS(=O)(=O)c1ccccc1. The molecule has 1 unspecified atom stereocenters. The van der Waals surface area contributed by atoms with E-state index in [0.717, 1.165) is 12.8 Å². The standard InChI is InChI=1S/C20H28O4S/c1-16(2)9-8-10-17(3)13-14-18(20(21)24-4)15-25(22,23)19-11-6-5-7-12-19/h5-7,9,11-12,14,17H,8,10,13,15H2,1-4H3/b18-14+. The molecule has 0 saturated carbocycles. The highest BCUT2D eigenvalue weighted by atomic mass is 32.2. The number of rotatable bonds is 9. The molecule has 0 saturated heterocycles. The van der Waals surface area contributed by atoms with Gasteiger partial charge in [0.15, 0.2) is 9.84 Å². The van der Waals surface area contributed by atoms with E-state index in [2.05, 4.69) is 26.8 Å². The van der Waals surface area contributed by atoms with Gasteiger partial charge in [-0.1, -0.05) is 42.8 Å². The lowest BCUT2D eigenvalue weighted by molar-refractivity contribution is -0.136. The van der Waals surface area contributed by atoms with E-state index in [1.165, 1.54) is 24.8 Å². The van der Waals surface area contributed by atoms with Crippen molar-refractivity contribution in [3.05, 3.63) is 53.6 Å². The van der Waals surface area contributed by atoms with Crippen LogP contribution in [-0.4, -0.2) is 27.2 Å². The fraction of sp³-hybridized carbons (Fsp3) is 0.450. The van der Waals surface area contributed by atoms with Crippen molar-refractivity contribution in [1.82, 2.24) is 0 Å². The summed E-state index contributed by atoms with van der Waals surface area (Å²) in [4.78, 5) is 12.2. The molecule has 1 atom stereocenters. The second kappa shape index (κ2) is 10.2. The second-order valence-corrected chi connectivity index (χ2v) is 8.48. The zero-order valence-corrected chi connectivity index (χ0v) is 16.3. The molecule has 5 heteroatoms. The number of hydrogen-bond acceptors (Lipinski definition) is 4. The van der Waals surface area contributed by atoms with E-state index in [1.54, 1.807) is 24.3 Å². The third-order valence-electron chi connectivity index (χ3n) is 3.87. The number of esters is 1. The van der Waals surface area contributed by atoms with E-state index >= 15 is 0 Å². The molecule has 1 aromatic rings. The van der Waals surface area contributed by atoms with Crippen molar-refractivity contribution < 1.29 is 17.9 Å². The van der Waals surface area contributed by atoms with Crippen LogP contribution in [0.4, 0.5) is 0 Å². The summed E-state index contributed by atoms with van der Waals surface area (Å²) < 4.78 is 29.8. The quantitative estimate of drug-likeness (QED) is 0.372. The Labute approximate surface area is 151 Å². The summed E-state index contributed by atoms with van der Waals surface area (Å²) in [7, 11) is -2.30. The van der Waals surface area contributed by atoms with Crippen LogP contribution in [0, 0.1) is 5.92 Å². The summed E-state index contributed by atoms with van der Waals surface area (Å²) in [5.74, 6) is -0.574. The summed E-state index contributed by atoms with van der Waals surface area (Å²) in [6.07, 6.45) is 6.50. The molecule has 0 fully saturated rings. The molecule has 25 heavy (non-hydrogen) atoms. The van der Waals surface area contributed by atoms with E-state index in [0.29, 0.717) is 12.3 Å². The smallest absolute Gasteiger partial charge is 0.334 e. The number of carbonyl (C=O) groups excluding carboxylic acids is 1. The van der Waals surface area contributed by atoms with Gasteiger partial charge in [0, 0.05) is 5.57 Å². The highest BCUT2D eigenvalue weighted by molar-refractivity contribution is 7.91. The molecular weight excluding hydrogens is 336 g/mol. The molecule has 0 heterocycles. The van der Waals surface area contributed by atoms with Gasteiger partial charge in [-0.2, -0.15) is 0 Å². The molecule has 0 aliphatic heterocycles. The van der Waals surface area contributed by atoms with Crippen LogP contribution >= 0.6 is 0 Å². The van der Waals surface area contributed by atoms with Crippen molar-refractivity contribution in [2.75, 3.05) is 12.9 Å². The molecule has 0 aliphatic carbocycles. The first-order chi connectivity index (χ1) is 11.8. The molecule has 0 aliphatic rings. The van der Waals surface area contributed by atoms with Crippen LogP contribution < -0.4 is 0 Å². The van der Waals surface area contributed by atoms with Gasteiger partial charge < -0.3 is 4.74 Å². The summed E-state index contributed by atoms with van der Waals surface area (Å²) in [6.45, 7) is 6.22. The van der Waals surface area contributed by atoms with E-state index in [-0.39, 0.29) is 16.2 Å². The van der Waals surface area contributed by atoms with Gasteiger partial charge in [-0.15, -0.1) is 0 Å². The highest BCUT2D eigenvalue weighted by Gasteiger charge is 2.21. The molecule has 0 radical (unpaired) electrons. The largest absolute Gasteiger partial charge is 0.466 e. The number of sulfone groups is 1. The molecule has 0 N–H and O–H groups in total. The van der Waals surface area contributed by atoms with Crippen molar-refractivity contribution in [3.63, 3.8) is 0 Å². The van der Waals surface area contributed by atoms with Crippen molar-refractivity contribution in [2.24, 2.45) is 5.92 Å². The lowest BCUT2D eigenvalue weighted by Crippen LogP contribution is -2.16. The highest BCUT2D eigenvalue weighted by Crippen LogP contribution is 2.18. The molecule has 0 amide bonds. The maximum Gasteiger partial charge on any atom is 0.334 e. The third kappa shape index (κ3) is 7.69. The monoisotopic (exact) mass is 364 g/mol. The van der Waals surface area contributed by atoms with Gasteiger partial charge in [-0.05, 0) is 51.2 Å². The molecule has 0 bridgehead atoms. The Hall–Kier alpha value is -1.88. The van der Waals surface area contributed by atoms with Crippen molar-refractivity contribution in [2.45, 2.75) is 44.9 Å². The second-order valence-electron chi connectivity index (χ2n) is 6.49. The van der Waals surface area contributed by atoms with Crippen LogP contribution in [0.2, 0.25) is 0 Å². The minimum atomic E-state index is -3.57. The first-order valence-corrected chi connectivity index (χ1v) is 10.1. The van der Waals surface area contributed by atoms with E-state index in [9.17, 15) is 13.2 Å². The number of methoxy groups -OCH3 is 1. The topological polar surface area (TPSA) is 60.4 Å². The van der Waals surface area contributed by atoms with Gasteiger partial charge in [-0.25, -0.2) is 13.2 Å². The molecule has 4 nitrogen and oxygen atoms in total. The summed E-state index contributed by atoms with van der Waals surface area (Å²) >= 11 is 0. The minimum Gasteiger partial charge on any atom is -0.466 e. The predicted octanol–water partition coefficient (Wildman–Crippen LogP) is 4.33. The lowest BCUT2D eigenvalue weighted by atomic mass is 9.99. The molecule has 0 spiro atoms. The maximum absolute atomic E-state index is 12.5. The van der Waals surface area contributed by atoms with E-state index in [1.807, 2.05) is 0 Å². The first-order valence-electron chi connectivity index (χ1n) is 8.44. The number of hydrogen-bond donors (Lipinski definition) is 0. The Morgan fingerprint density at radius 1 is 1.16 bits per heavy atom. The fourth-order valence-electron chi connectivity index (χ4n) is 2.37. The van der Waals surface area contributed by atoms with Gasteiger partial charge in [0.1, 0.15) is 0 Å². The van der Waals surface area contributed by atoms with Gasteiger partial charge in [0.2, 0.25) is 0 Å². The Morgan fingerprint density at radius 2 is 1.80 bits per heavy atom. The Kier molecular flexibility index (Phi) is 8.62. The van der Waals surface area contributed by atoms with E-state index in [4.69, 9.17) is 4.74 Å². The summed E-state index contributed by atoms with van der Waals surface area (Å²) in [5.41, 5.74) is 1.48. The molecule has 0 aromatic heterocycles. The minimum absolute atomic E-state index is 0.195. The van der Waals surface area contributed by atoms with Crippen molar-refractivity contribution in [3.8, 4) is 0 Å². The van der Waals surface area contributed by atoms with Crippen LogP contribution in [0.25, 0.3) is 0 Å².